The number of hydrogen-bond acceptors (Lipinski definition) is 3. The highest BCUT2D eigenvalue weighted by Gasteiger charge is 2.02. The van der Waals surface area contributed by atoms with Crippen LogP contribution in [0.1, 0.15) is 5.56 Å². The summed E-state index contributed by atoms with van der Waals surface area (Å²) in [5.74, 6) is 0.681. The fraction of sp³-hybridized carbons (Fsp3) is 0.182. The van der Waals surface area contributed by atoms with E-state index in [1.54, 1.807) is 10.9 Å². The molecule has 4 heteroatoms. The molecule has 1 aromatic heterocycles. The van der Waals surface area contributed by atoms with Crippen molar-refractivity contribution in [3.63, 3.8) is 0 Å². The summed E-state index contributed by atoms with van der Waals surface area (Å²) >= 11 is 0. The van der Waals surface area contributed by atoms with Gasteiger partial charge < -0.3 is 4.74 Å². The number of nitrogens with two attached hydrogens (primary N) is 1. The monoisotopic (exact) mass is 203 g/mol. The third kappa shape index (κ3) is 1.99. The Hall–Kier alpha value is -1.81. The van der Waals surface area contributed by atoms with E-state index in [0.29, 0.717) is 5.75 Å². The lowest BCUT2D eigenvalue weighted by atomic mass is 10.2. The van der Waals surface area contributed by atoms with Crippen molar-refractivity contribution >= 4 is 0 Å². The minimum Gasteiger partial charge on any atom is -0.475 e. The van der Waals surface area contributed by atoms with E-state index in [-0.39, 0.29) is 6.73 Å². The maximum Gasteiger partial charge on any atom is 0.159 e. The molecule has 0 bridgehead atoms. The first-order valence-electron chi connectivity index (χ1n) is 4.75. The number of rotatable bonds is 3. The van der Waals surface area contributed by atoms with E-state index in [4.69, 9.17) is 10.5 Å². The third-order valence-corrected chi connectivity index (χ3v) is 2.17. The number of para-hydroxylation sites is 1. The summed E-state index contributed by atoms with van der Waals surface area (Å²) in [7, 11) is 0. The Labute approximate surface area is 88.3 Å². The van der Waals surface area contributed by atoms with Crippen molar-refractivity contribution in [3.8, 4) is 11.4 Å². The van der Waals surface area contributed by atoms with Gasteiger partial charge in [-0.05, 0) is 18.6 Å². The minimum absolute atomic E-state index is 0.166. The largest absolute Gasteiger partial charge is 0.475 e. The molecule has 1 aromatic carbocycles. The number of aromatic nitrogens is 2. The van der Waals surface area contributed by atoms with E-state index >= 15 is 0 Å². The molecule has 0 amide bonds. The van der Waals surface area contributed by atoms with Gasteiger partial charge in [-0.25, -0.2) is 4.68 Å². The van der Waals surface area contributed by atoms with Crippen molar-refractivity contribution in [1.29, 1.82) is 0 Å². The van der Waals surface area contributed by atoms with E-state index in [0.717, 1.165) is 5.69 Å². The Morgan fingerprint density at radius 3 is 2.93 bits per heavy atom. The average Bonchev–Trinajstić information content (AvgIpc) is 2.68. The molecule has 78 valence electrons. The number of ether oxygens (including phenoxy) is 1. The van der Waals surface area contributed by atoms with E-state index in [1.807, 2.05) is 37.4 Å². The molecule has 0 unspecified atom stereocenters. The van der Waals surface area contributed by atoms with Gasteiger partial charge in [0.2, 0.25) is 0 Å². The van der Waals surface area contributed by atoms with Crippen LogP contribution < -0.4 is 10.5 Å². The fourth-order valence-corrected chi connectivity index (χ4v) is 1.43. The molecule has 0 aliphatic heterocycles. The Bertz CT molecular complexity index is 451. The second-order valence-corrected chi connectivity index (χ2v) is 3.22. The molecule has 0 spiro atoms. The lowest BCUT2D eigenvalue weighted by Gasteiger charge is -2.04. The Morgan fingerprint density at radius 1 is 1.40 bits per heavy atom. The molecule has 0 aliphatic carbocycles. The highest BCUT2D eigenvalue weighted by molar-refractivity contribution is 5.40. The standard InChI is InChI=1S/C11H13N3O/c1-9-4-2-3-5-11(9)14-7-10(6-13-14)15-8-12/h2-7H,8,12H2,1H3. The van der Waals surface area contributed by atoms with Crippen LogP contribution in [0.2, 0.25) is 0 Å². The van der Waals surface area contributed by atoms with Crippen molar-refractivity contribution in [2.75, 3.05) is 6.73 Å². The van der Waals surface area contributed by atoms with Crippen molar-refractivity contribution < 1.29 is 4.74 Å². The molecule has 2 N–H and O–H groups in total. The van der Waals surface area contributed by atoms with Crippen molar-refractivity contribution in [2.24, 2.45) is 5.73 Å². The molecule has 0 aliphatic rings. The number of benzene rings is 1. The second-order valence-electron chi connectivity index (χ2n) is 3.22. The summed E-state index contributed by atoms with van der Waals surface area (Å²) in [6.45, 7) is 2.21. The Morgan fingerprint density at radius 2 is 2.20 bits per heavy atom. The van der Waals surface area contributed by atoms with Gasteiger partial charge in [-0.1, -0.05) is 18.2 Å². The zero-order chi connectivity index (χ0) is 10.7. The van der Waals surface area contributed by atoms with Gasteiger partial charge in [0.15, 0.2) is 5.75 Å². The molecule has 0 radical (unpaired) electrons. The molecule has 1 heterocycles. The predicted octanol–water partition coefficient (Wildman–Crippen LogP) is 1.48. The summed E-state index contributed by atoms with van der Waals surface area (Å²) in [6.07, 6.45) is 3.47. The minimum atomic E-state index is 0.166. The average molecular weight is 203 g/mol. The first kappa shape index (κ1) is 9.73. The van der Waals surface area contributed by atoms with Gasteiger partial charge in [0, 0.05) is 0 Å². The normalized spacial score (nSPS) is 10.3. The predicted molar refractivity (Wildman–Crippen MR) is 58.0 cm³/mol. The van der Waals surface area contributed by atoms with Gasteiger partial charge in [0.25, 0.3) is 0 Å². The van der Waals surface area contributed by atoms with Gasteiger partial charge >= 0.3 is 0 Å². The number of hydrogen-bond donors (Lipinski definition) is 1. The van der Waals surface area contributed by atoms with Crippen LogP contribution in [-0.4, -0.2) is 16.5 Å². The summed E-state index contributed by atoms with van der Waals surface area (Å²) in [6, 6.07) is 8.03. The molecule has 4 nitrogen and oxygen atoms in total. The molecule has 0 atom stereocenters. The Balaban J connectivity index is 2.33. The molecule has 2 aromatic rings. The van der Waals surface area contributed by atoms with Gasteiger partial charge in [-0.2, -0.15) is 5.10 Å². The first-order chi connectivity index (χ1) is 7.31. The van der Waals surface area contributed by atoms with E-state index in [2.05, 4.69) is 5.10 Å². The zero-order valence-electron chi connectivity index (χ0n) is 8.55. The number of nitrogens with zero attached hydrogens (tertiary/aromatic N) is 2. The second kappa shape index (κ2) is 4.14. The van der Waals surface area contributed by atoms with Gasteiger partial charge in [-0.3, -0.25) is 5.73 Å². The molecule has 0 fully saturated rings. The molecule has 0 saturated carbocycles. The van der Waals surface area contributed by atoms with Crippen LogP contribution in [0.15, 0.2) is 36.7 Å². The molecular weight excluding hydrogens is 190 g/mol. The van der Waals surface area contributed by atoms with Crippen LogP contribution in [0.5, 0.6) is 5.75 Å². The number of aryl methyl sites for hydroxylation is 1. The van der Waals surface area contributed by atoms with E-state index in [1.165, 1.54) is 5.56 Å². The fourth-order valence-electron chi connectivity index (χ4n) is 1.43. The highest BCUT2D eigenvalue weighted by atomic mass is 16.5. The molecule has 0 saturated heterocycles. The third-order valence-electron chi connectivity index (χ3n) is 2.17. The van der Waals surface area contributed by atoms with Crippen molar-refractivity contribution in [3.05, 3.63) is 42.2 Å². The molecule has 15 heavy (non-hydrogen) atoms. The van der Waals surface area contributed by atoms with Crippen molar-refractivity contribution in [1.82, 2.24) is 9.78 Å². The smallest absolute Gasteiger partial charge is 0.159 e. The lowest BCUT2D eigenvalue weighted by Crippen LogP contribution is -2.06. The van der Waals surface area contributed by atoms with Gasteiger partial charge in [0.1, 0.15) is 6.73 Å². The summed E-state index contributed by atoms with van der Waals surface area (Å²) in [4.78, 5) is 0. The maximum atomic E-state index is 5.28. The van der Waals surface area contributed by atoms with Crippen LogP contribution in [0.3, 0.4) is 0 Å². The van der Waals surface area contributed by atoms with Gasteiger partial charge in [-0.15, -0.1) is 0 Å². The molecule has 2 rings (SSSR count). The molecular formula is C11H13N3O. The summed E-state index contributed by atoms with van der Waals surface area (Å²) in [5, 5.41) is 4.20. The highest BCUT2D eigenvalue weighted by Crippen LogP contribution is 2.16. The van der Waals surface area contributed by atoms with Crippen molar-refractivity contribution in [2.45, 2.75) is 6.92 Å². The van der Waals surface area contributed by atoms with Crippen LogP contribution >= 0.6 is 0 Å². The van der Waals surface area contributed by atoms with Crippen LogP contribution in [-0.2, 0) is 0 Å². The zero-order valence-corrected chi connectivity index (χ0v) is 8.55. The van der Waals surface area contributed by atoms with Crippen LogP contribution in [0.4, 0.5) is 0 Å². The van der Waals surface area contributed by atoms with Gasteiger partial charge in [0.05, 0.1) is 18.1 Å². The maximum absolute atomic E-state index is 5.28. The quantitative estimate of drug-likeness (QED) is 0.769. The first-order valence-corrected chi connectivity index (χ1v) is 4.75. The lowest BCUT2D eigenvalue weighted by molar-refractivity contribution is 0.329. The van der Waals surface area contributed by atoms with E-state index in [9.17, 15) is 0 Å². The van der Waals surface area contributed by atoms with Crippen LogP contribution in [0, 0.1) is 6.92 Å². The topological polar surface area (TPSA) is 53.1 Å². The van der Waals surface area contributed by atoms with Crippen LogP contribution in [0.25, 0.3) is 5.69 Å². The summed E-state index contributed by atoms with van der Waals surface area (Å²) in [5.41, 5.74) is 7.49. The van der Waals surface area contributed by atoms with E-state index < -0.39 is 0 Å². The summed E-state index contributed by atoms with van der Waals surface area (Å²) < 4.78 is 6.92. The SMILES string of the molecule is Cc1ccccc1-n1cc(OCN)cn1. The Kier molecular flexibility index (Phi) is 2.69.